The van der Waals surface area contributed by atoms with Crippen LogP contribution in [0.5, 0.6) is 0 Å². The fourth-order valence-electron chi connectivity index (χ4n) is 4.41. The van der Waals surface area contributed by atoms with Crippen LogP contribution in [0.3, 0.4) is 0 Å². The summed E-state index contributed by atoms with van der Waals surface area (Å²) in [5.41, 5.74) is 3.85. The van der Waals surface area contributed by atoms with Gasteiger partial charge in [-0.15, -0.1) is 0 Å². The number of rotatable bonds is 6. The molecule has 0 spiro atoms. The first-order valence-corrected chi connectivity index (χ1v) is 12.8. The van der Waals surface area contributed by atoms with Crippen LogP contribution in [0, 0.1) is 19.7 Å². The summed E-state index contributed by atoms with van der Waals surface area (Å²) in [6.07, 6.45) is 3.61. The molecule has 176 valence electrons. The highest BCUT2D eigenvalue weighted by Crippen LogP contribution is 2.34. The molecule has 3 N–H and O–H groups in total. The van der Waals surface area contributed by atoms with Crippen molar-refractivity contribution in [2.45, 2.75) is 26.3 Å². The Morgan fingerprint density at radius 2 is 2.09 bits per heavy atom. The Bertz CT molecular complexity index is 1270. The van der Waals surface area contributed by atoms with Crippen LogP contribution in [0.25, 0.3) is 11.6 Å². The summed E-state index contributed by atoms with van der Waals surface area (Å²) in [5, 5.41) is 5.76. The number of aromatic nitrogens is 1. The zero-order valence-corrected chi connectivity index (χ0v) is 19.6. The SMILES string of the molecule is Cc1[nH]c(/C=C2\C(=O)Nc3ccc(F)cc32)c(C)c1C(=O)N[C@H]1CCN(CCS(C)(=O)=O)C1. The molecule has 1 aromatic heterocycles. The normalized spacial score (nSPS) is 19.7. The average molecular weight is 475 g/mol. The molecule has 1 fully saturated rings. The first-order valence-electron chi connectivity index (χ1n) is 10.7. The Kier molecular flexibility index (Phi) is 6.15. The average Bonchev–Trinajstić information content (AvgIpc) is 3.37. The molecule has 0 aliphatic carbocycles. The predicted octanol–water partition coefficient (Wildman–Crippen LogP) is 2.11. The van der Waals surface area contributed by atoms with Crippen LogP contribution >= 0.6 is 0 Å². The lowest BCUT2D eigenvalue weighted by molar-refractivity contribution is -0.110. The van der Waals surface area contributed by atoms with E-state index in [1.807, 2.05) is 4.90 Å². The number of aromatic amines is 1. The molecular formula is C23H27FN4O4S. The van der Waals surface area contributed by atoms with Crippen LogP contribution in [0.4, 0.5) is 10.1 Å². The molecule has 1 atom stereocenters. The Hall–Kier alpha value is -2.98. The number of halogens is 1. The number of aryl methyl sites for hydroxylation is 1. The fraction of sp³-hybridized carbons (Fsp3) is 0.391. The molecule has 0 radical (unpaired) electrons. The maximum Gasteiger partial charge on any atom is 0.256 e. The number of nitrogens with one attached hydrogen (secondary N) is 3. The van der Waals surface area contributed by atoms with E-state index in [4.69, 9.17) is 0 Å². The Morgan fingerprint density at radius 3 is 2.82 bits per heavy atom. The molecule has 2 aliphatic rings. The number of fused-ring (bicyclic) bond motifs is 1. The zero-order valence-electron chi connectivity index (χ0n) is 18.8. The largest absolute Gasteiger partial charge is 0.358 e. The fourth-order valence-corrected chi connectivity index (χ4v) is 5.00. The van der Waals surface area contributed by atoms with Gasteiger partial charge in [-0.2, -0.15) is 0 Å². The van der Waals surface area contributed by atoms with E-state index in [2.05, 4.69) is 15.6 Å². The molecule has 0 saturated carbocycles. The second kappa shape index (κ2) is 8.75. The highest BCUT2D eigenvalue weighted by atomic mass is 32.2. The molecule has 3 heterocycles. The lowest BCUT2D eigenvalue weighted by Gasteiger charge is -2.16. The topological polar surface area (TPSA) is 111 Å². The first-order chi connectivity index (χ1) is 15.5. The van der Waals surface area contributed by atoms with E-state index in [0.717, 1.165) is 13.0 Å². The van der Waals surface area contributed by atoms with Gasteiger partial charge >= 0.3 is 0 Å². The van der Waals surface area contributed by atoms with Crippen LogP contribution in [-0.4, -0.2) is 67.8 Å². The van der Waals surface area contributed by atoms with E-state index in [-0.39, 0.29) is 23.6 Å². The van der Waals surface area contributed by atoms with Gasteiger partial charge in [0.15, 0.2) is 0 Å². The van der Waals surface area contributed by atoms with Crippen molar-refractivity contribution < 1.29 is 22.4 Å². The molecule has 0 unspecified atom stereocenters. The molecule has 0 bridgehead atoms. The van der Waals surface area contributed by atoms with Crippen LogP contribution in [0.15, 0.2) is 18.2 Å². The van der Waals surface area contributed by atoms with Crippen LogP contribution in [-0.2, 0) is 14.6 Å². The van der Waals surface area contributed by atoms with Gasteiger partial charge in [0.2, 0.25) is 0 Å². The number of benzene rings is 1. The third-order valence-corrected chi connectivity index (χ3v) is 7.07. The molecule has 2 amide bonds. The molecule has 8 nitrogen and oxygen atoms in total. The van der Waals surface area contributed by atoms with E-state index in [1.165, 1.54) is 24.5 Å². The lowest BCUT2D eigenvalue weighted by atomic mass is 10.0. The molecule has 1 aromatic carbocycles. The number of likely N-dealkylation sites (tertiary alicyclic amines) is 1. The van der Waals surface area contributed by atoms with Crippen molar-refractivity contribution in [2.24, 2.45) is 0 Å². The van der Waals surface area contributed by atoms with Gasteiger partial charge in [0, 0.05) is 54.6 Å². The third-order valence-electron chi connectivity index (χ3n) is 6.14. The van der Waals surface area contributed by atoms with E-state index in [9.17, 15) is 22.4 Å². The third kappa shape index (κ3) is 5.01. The number of carbonyl (C=O) groups excluding carboxylic acids is 2. The van der Waals surface area contributed by atoms with E-state index >= 15 is 0 Å². The van der Waals surface area contributed by atoms with Gasteiger partial charge in [0.1, 0.15) is 15.7 Å². The van der Waals surface area contributed by atoms with Gasteiger partial charge in [-0.05, 0) is 50.1 Å². The van der Waals surface area contributed by atoms with Crippen molar-refractivity contribution in [1.82, 2.24) is 15.2 Å². The van der Waals surface area contributed by atoms with Gasteiger partial charge in [-0.25, -0.2) is 12.8 Å². The molecule has 2 aromatic rings. The minimum Gasteiger partial charge on any atom is -0.358 e. The van der Waals surface area contributed by atoms with Crippen molar-refractivity contribution in [3.05, 3.63) is 52.1 Å². The summed E-state index contributed by atoms with van der Waals surface area (Å²) >= 11 is 0. The van der Waals surface area contributed by atoms with Crippen molar-refractivity contribution >= 4 is 39.0 Å². The second-order valence-electron chi connectivity index (χ2n) is 8.76. The smallest absolute Gasteiger partial charge is 0.256 e. The van der Waals surface area contributed by atoms with Crippen molar-refractivity contribution in [2.75, 3.05) is 37.0 Å². The van der Waals surface area contributed by atoms with Crippen LogP contribution in [0.1, 0.15) is 39.3 Å². The van der Waals surface area contributed by atoms with Crippen molar-refractivity contribution in [1.29, 1.82) is 0 Å². The molecule has 10 heteroatoms. The van der Waals surface area contributed by atoms with Gasteiger partial charge in [-0.3, -0.25) is 9.59 Å². The summed E-state index contributed by atoms with van der Waals surface area (Å²) in [7, 11) is -3.03. The second-order valence-corrected chi connectivity index (χ2v) is 11.0. The van der Waals surface area contributed by atoms with Crippen LogP contribution < -0.4 is 10.6 Å². The predicted molar refractivity (Wildman–Crippen MR) is 125 cm³/mol. The van der Waals surface area contributed by atoms with Crippen molar-refractivity contribution in [3.8, 4) is 0 Å². The number of hydrogen-bond acceptors (Lipinski definition) is 5. The summed E-state index contributed by atoms with van der Waals surface area (Å²) < 4.78 is 36.5. The minimum atomic E-state index is -3.03. The lowest BCUT2D eigenvalue weighted by Crippen LogP contribution is -2.38. The summed E-state index contributed by atoms with van der Waals surface area (Å²) in [4.78, 5) is 30.7. The Morgan fingerprint density at radius 1 is 1.33 bits per heavy atom. The molecule has 33 heavy (non-hydrogen) atoms. The van der Waals surface area contributed by atoms with Gasteiger partial charge in [0.25, 0.3) is 11.8 Å². The molecule has 1 saturated heterocycles. The summed E-state index contributed by atoms with van der Waals surface area (Å²) in [5.74, 6) is -0.878. The summed E-state index contributed by atoms with van der Waals surface area (Å²) in [6, 6.07) is 4.06. The standard InChI is InChI=1S/C23H27FN4O4S/c1-13-20(11-18-17-10-15(24)4-5-19(17)27-22(18)29)25-14(2)21(13)23(30)26-16-6-7-28(12-16)8-9-33(3,31)32/h4-5,10-11,16,25H,6-9,12H2,1-3H3,(H,26,30)(H,27,29)/b18-11-/t16-/m0/s1. The van der Waals surface area contributed by atoms with E-state index in [0.29, 0.717) is 52.4 Å². The maximum absolute atomic E-state index is 13.7. The van der Waals surface area contributed by atoms with Gasteiger partial charge in [-0.1, -0.05) is 0 Å². The number of hydrogen-bond donors (Lipinski definition) is 3. The number of amides is 2. The number of carbonyl (C=O) groups is 2. The number of H-pyrrole nitrogens is 1. The quantitative estimate of drug-likeness (QED) is 0.556. The number of sulfone groups is 1. The monoisotopic (exact) mass is 474 g/mol. The highest BCUT2D eigenvalue weighted by Gasteiger charge is 2.28. The summed E-state index contributed by atoms with van der Waals surface area (Å²) in [6.45, 7) is 5.38. The van der Waals surface area contributed by atoms with E-state index in [1.54, 1.807) is 19.9 Å². The van der Waals surface area contributed by atoms with Crippen LogP contribution in [0.2, 0.25) is 0 Å². The zero-order chi connectivity index (χ0) is 23.9. The number of nitrogens with zero attached hydrogens (tertiary/aromatic N) is 1. The maximum atomic E-state index is 13.7. The Balaban J connectivity index is 1.50. The molecule has 2 aliphatic heterocycles. The highest BCUT2D eigenvalue weighted by molar-refractivity contribution is 7.90. The molecule has 4 rings (SSSR count). The van der Waals surface area contributed by atoms with Gasteiger partial charge < -0.3 is 20.5 Å². The minimum absolute atomic E-state index is 0.0666. The Labute approximate surface area is 192 Å². The van der Waals surface area contributed by atoms with Gasteiger partial charge in [0.05, 0.1) is 16.9 Å². The molecular weight excluding hydrogens is 447 g/mol. The number of anilines is 1. The first kappa shape index (κ1) is 23.2. The van der Waals surface area contributed by atoms with E-state index < -0.39 is 15.7 Å². The van der Waals surface area contributed by atoms with Crippen molar-refractivity contribution in [3.63, 3.8) is 0 Å².